The first kappa shape index (κ1) is 11.1. The van der Waals surface area contributed by atoms with Gasteiger partial charge in [-0.2, -0.15) is 0 Å². The van der Waals surface area contributed by atoms with Gasteiger partial charge < -0.3 is 7.96 Å². The molecule has 4 heteroatoms. The average Bonchev–Trinajstić information content (AvgIpc) is 2.12. The predicted octanol–water partition coefficient (Wildman–Crippen LogP) is 2.44. The Morgan fingerprint density at radius 3 is 2.77 bits per heavy atom. The Balaban J connectivity index is 0. The molecule has 1 aromatic carbocycles. The number of rotatable bonds is 0. The van der Waals surface area contributed by atoms with Gasteiger partial charge in [0, 0.05) is 11.6 Å². The van der Waals surface area contributed by atoms with Crippen molar-refractivity contribution < 1.29 is 7.96 Å². The zero-order valence-electron chi connectivity index (χ0n) is 8.87. The molecule has 1 heterocycles. The fourth-order valence-corrected chi connectivity index (χ4v) is 1.34. The van der Waals surface area contributed by atoms with E-state index in [2.05, 4.69) is 4.98 Å². The third-order valence-corrected chi connectivity index (χ3v) is 2.02. The van der Waals surface area contributed by atoms with E-state index in [1.165, 1.54) is 6.07 Å². The minimum Gasteiger partial charge on any atom is -1.00 e. The number of benzene rings is 1. The Kier molecular flexibility index (Phi) is 3.80. The van der Waals surface area contributed by atoms with E-state index in [1.54, 1.807) is 18.3 Å². The number of fused-ring (bicyclic) bond motifs is 1. The van der Waals surface area contributed by atoms with E-state index in [9.17, 15) is 5.11 Å². The van der Waals surface area contributed by atoms with Crippen LogP contribution in [0.3, 0.4) is 0 Å². The van der Waals surface area contributed by atoms with E-state index in [-0.39, 0.29) is 46.3 Å². The van der Waals surface area contributed by atoms with Crippen LogP contribution in [0.25, 0.3) is 10.9 Å². The number of phenolic OH excluding ortho intramolecular Hbond substituents is 1. The van der Waals surface area contributed by atoms with Crippen LogP contribution in [0.1, 0.15) is 2.85 Å². The molecule has 1 N–H and O–H groups in total. The van der Waals surface area contributed by atoms with Crippen molar-refractivity contribution in [2.24, 2.45) is 0 Å². The summed E-state index contributed by atoms with van der Waals surface area (Å²) in [6.07, 6.45) is 1.62. The first-order valence-corrected chi connectivity index (χ1v) is 3.89. The number of pyridine rings is 1. The van der Waals surface area contributed by atoms with E-state index >= 15 is 0 Å². The molecule has 0 amide bonds. The van der Waals surface area contributed by atoms with Crippen molar-refractivity contribution in [1.29, 1.82) is 0 Å². The molecule has 0 radical (unpaired) electrons. The topological polar surface area (TPSA) is 33.1 Å². The Hall–Kier alpha value is -0.0203. The van der Waals surface area contributed by atoms with E-state index in [0.29, 0.717) is 10.5 Å². The van der Waals surface area contributed by atoms with Crippen LogP contribution >= 0.6 is 11.6 Å². The van der Waals surface area contributed by atoms with Gasteiger partial charge in [-0.1, -0.05) is 11.6 Å². The molecule has 0 aliphatic rings. The fraction of sp³-hybridized carbons (Fsp3) is 0. The Bertz CT molecular complexity index is 401. The number of aromatic hydroxyl groups is 1. The van der Waals surface area contributed by atoms with Crippen LogP contribution < -0.4 is 0 Å². The monoisotopic (exact) mass is 221 g/mol. The summed E-state index contributed by atoms with van der Waals surface area (Å²) in [6.45, 7) is 0. The summed E-state index contributed by atoms with van der Waals surface area (Å²) in [5.74, 6) is 0.162. The average molecular weight is 222 g/mol. The number of hydrogen-bond acceptors (Lipinski definition) is 2. The number of nitrogens with zero attached hydrogens (tertiary/aromatic N) is 1. The summed E-state index contributed by atoms with van der Waals surface area (Å²) in [7, 11) is 0. The molecule has 0 bridgehead atoms. The maximum absolute atomic E-state index is 9.37. The minimum absolute atomic E-state index is 0. The molecule has 2 rings (SSSR count). The second-order valence-corrected chi connectivity index (χ2v) is 2.87. The third-order valence-electron chi connectivity index (χ3n) is 1.70. The second kappa shape index (κ2) is 4.47. The third kappa shape index (κ3) is 2.07. The van der Waals surface area contributed by atoms with Crippen molar-refractivity contribution in [3.05, 3.63) is 35.5 Å². The maximum atomic E-state index is 9.37. The van der Waals surface area contributed by atoms with E-state index in [1.807, 2.05) is 6.07 Å². The molecule has 0 saturated heterocycles. The molecule has 2 nitrogen and oxygen atoms in total. The molecule has 0 atom stereocenters. The van der Waals surface area contributed by atoms with Gasteiger partial charge in [-0.05, 0) is 24.3 Å². The van der Waals surface area contributed by atoms with Gasteiger partial charge in [0.25, 0.3) is 0 Å². The number of halogens is 1. The Labute approximate surface area is 114 Å². The first-order valence-electron chi connectivity index (χ1n) is 3.51. The summed E-state index contributed by atoms with van der Waals surface area (Å²) in [6, 6.07) is 6.80. The quantitative estimate of drug-likeness (QED) is 0.694. The van der Waals surface area contributed by atoms with Gasteiger partial charge in [-0.3, -0.25) is 4.98 Å². The molecule has 13 heavy (non-hydrogen) atoms. The van der Waals surface area contributed by atoms with Gasteiger partial charge in [0.2, 0.25) is 0 Å². The van der Waals surface area contributed by atoms with Crippen molar-refractivity contribution in [3.63, 3.8) is 0 Å². The molecule has 0 unspecified atom stereocenters. The van der Waals surface area contributed by atoms with E-state index < -0.39 is 0 Å². The predicted molar refractivity (Wildman–Crippen MR) is 56.4 cm³/mol. The maximum Gasteiger partial charge on any atom is 2.00 e. The van der Waals surface area contributed by atoms with Crippen molar-refractivity contribution in [1.82, 2.24) is 4.98 Å². The number of phenols is 1. The molecule has 0 fully saturated rings. The summed E-state index contributed by atoms with van der Waals surface area (Å²) in [4.78, 5) is 4.01. The van der Waals surface area contributed by atoms with Crippen LogP contribution in [0.4, 0.5) is 0 Å². The number of aromatic nitrogens is 1. The SMILES string of the molecule is Oc1ccc(Cl)c2cccnc12.[Ca+2].[H-].[H-]. The molecule has 0 aliphatic heterocycles. The van der Waals surface area contributed by atoms with Crippen LogP contribution in [0.2, 0.25) is 5.02 Å². The molecular formula is C9H8CaClNO. The summed E-state index contributed by atoms with van der Waals surface area (Å²) < 4.78 is 0. The van der Waals surface area contributed by atoms with Gasteiger partial charge in [-0.25, -0.2) is 0 Å². The summed E-state index contributed by atoms with van der Waals surface area (Å²) in [5.41, 5.74) is 0.546. The smallest absolute Gasteiger partial charge is 1.00 e. The van der Waals surface area contributed by atoms with Crippen LogP contribution in [0, 0.1) is 0 Å². The van der Waals surface area contributed by atoms with Gasteiger partial charge in [-0.15, -0.1) is 0 Å². The standard InChI is InChI=1S/C9H6ClNO.Ca.2H/c10-7-3-4-8(12)9-6(7)2-1-5-11-9;;;/h1-5,12H;;;/q;+2;2*-1. The van der Waals surface area contributed by atoms with Crippen LogP contribution in [-0.2, 0) is 0 Å². The van der Waals surface area contributed by atoms with Crippen molar-refractivity contribution in [2.75, 3.05) is 0 Å². The van der Waals surface area contributed by atoms with Crippen LogP contribution in [0.5, 0.6) is 5.75 Å². The first-order chi connectivity index (χ1) is 5.79. The zero-order chi connectivity index (χ0) is 8.55. The van der Waals surface area contributed by atoms with Gasteiger partial charge in [0.15, 0.2) is 0 Å². The molecule has 2 aromatic rings. The molecule has 1 aromatic heterocycles. The molecule has 64 valence electrons. The summed E-state index contributed by atoms with van der Waals surface area (Å²) >= 11 is 5.88. The number of hydrogen-bond donors (Lipinski definition) is 1. The summed E-state index contributed by atoms with van der Waals surface area (Å²) in [5, 5.41) is 10.8. The second-order valence-electron chi connectivity index (χ2n) is 2.47. The van der Waals surface area contributed by atoms with Gasteiger partial charge >= 0.3 is 37.7 Å². The van der Waals surface area contributed by atoms with Crippen molar-refractivity contribution in [3.8, 4) is 5.75 Å². The van der Waals surface area contributed by atoms with E-state index in [0.717, 1.165) is 5.39 Å². The van der Waals surface area contributed by atoms with Crippen LogP contribution in [-0.4, -0.2) is 47.8 Å². The molecular weight excluding hydrogens is 214 g/mol. The Morgan fingerprint density at radius 1 is 1.31 bits per heavy atom. The molecule has 0 aliphatic carbocycles. The zero-order valence-corrected chi connectivity index (χ0v) is 9.83. The minimum atomic E-state index is 0. The largest absolute Gasteiger partial charge is 2.00 e. The van der Waals surface area contributed by atoms with Crippen molar-refractivity contribution in [2.45, 2.75) is 0 Å². The molecule has 0 spiro atoms. The molecule has 0 saturated carbocycles. The van der Waals surface area contributed by atoms with Crippen LogP contribution in [0.15, 0.2) is 30.5 Å². The fourth-order valence-electron chi connectivity index (χ4n) is 1.12. The van der Waals surface area contributed by atoms with Crippen molar-refractivity contribution >= 4 is 60.2 Å². The van der Waals surface area contributed by atoms with Gasteiger partial charge in [0.05, 0.1) is 5.02 Å². The normalized spacial score (nSPS) is 9.62. The van der Waals surface area contributed by atoms with E-state index in [4.69, 9.17) is 11.6 Å². The van der Waals surface area contributed by atoms with Gasteiger partial charge in [0.1, 0.15) is 11.3 Å². The Morgan fingerprint density at radius 2 is 2.08 bits per heavy atom.